The molecule has 4 heterocycles. The summed E-state index contributed by atoms with van der Waals surface area (Å²) < 4.78 is 7.69. The molecule has 1 saturated heterocycles. The Morgan fingerprint density at radius 1 is 1.42 bits per heavy atom. The van der Waals surface area contributed by atoms with Crippen molar-refractivity contribution < 1.29 is 4.42 Å². The van der Waals surface area contributed by atoms with Crippen LogP contribution in [0.2, 0.25) is 0 Å². The molecule has 3 aromatic rings. The number of nitrogens with one attached hydrogen (secondary N) is 1. The molecule has 128 valence electrons. The third kappa shape index (κ3) is 2.93. The Labute approximate surface area is 149 Å². The van der Waals surface area contributed by atoms with Crippen molar-refractivity contribution in [3.8, 4) is 11.1 Å². The van der Waals surface area contributed by atoms with Gasteiger partial charge in [-0.05, 0) is 41.4 Å². The predicted molar refractivity (Wildman–Crippen MR) is 99.0 cm³/mol. The van der Waals surface area contributed by atoms with Crippen molar-refractivity contribution >= 4 is 27.4 Å². The Balaban J connectivity index is 0.000000815. The summed E-state index contributed by atoms with van der Waals surface area (Å²) in [5.41, 5.74) is 9.92. The second kappa shape index (κ2) is 7.36. The van der Waals surface area contributed by atoms with Gasteiger partial charge >= 0.3 is 0 Å². The lowest BCUT2D eigenvalue weighted by atomic mass is 9.96. The van der Waals surface area contributed by atoms with E-state index in [1.54, 1.807) is 23.2 Å². The highest BCUT2D eigenvalue weighted by Crippen LogP contribution is 2.35. The van der Waals surface area contributed by atoms with Crippen molar-refractivity contribution in [1.29, 1.82) is 0 Å². The molecule has 6 nitrogen and oxygen atoms in total. The lowest BCUT2D eigenvalue weighted by Crippen LogP contribution is -2.29. The molecule has 4 rings (SSSR count). The highest BCUT2D eigenvalue weighted by Gasteiger charge is 2.23. The summed E-state index contributed by atoms with van der Waals surface area (Å²) in [4.78, 5) is 4.87. The molecule has 1 aliphatic heterocycles. The zero-order valence-corrected chi connectivity index (χ0v) is 15.5. The quantitative estimate of drug-likeness (QED) is 0.693. The number of halogens is 1. The van der Waals surface area contributed by atoms with E-state index >= 15 is 0 Å². The van der Waals surface area contributed by atoms with Crippen molar-refractivity contribution in [2.45, 2.75) is 32.6 Å². The fourth-order valence-electron chi connectivity index (χ4n) is 2.99. The molecule has 0 aromatic carbocycles. The largest absolute Gasteiger partial charge is 0.472 e. The molecule has 1 aliphatic rings. The lowest BCUT2D eigenvalue weighted by molar-refractivity contribution is 0.453. The minimum atomic E-state index is 0.363. The number of rotatable bonds is 2. The molecule has 1 fully saturated rings. The second-order valence-electron chi connectivity index (χ2n) is 5.55. The molecule has 1 atom stereocenters. The van der Waals surface area contributed by atoms with Crippen LogP contribution in [-0.4, -0.2) is 27.7 Å². The number of anilines is 1. The van der Waals surface area contributed by atoms with Gasteiger partial charge in [-0.25, -0.2) is 4.98 Å². The van der Waals surface area contributed by atoms with Crippen molar-refractivity contribution in [2.24, 2.45) is 0 Å². The van der Waals surface area contributed by atoms with Crippen molar-refractivity contribution in [3.63, 3.8) is 0 Å². The average Bonchev–Trinajstić information content (AvgIpc) is 3.30. The third-order valence-corrected chi connectivity index (χ3v) is 4.98. The average molecular weight is 392 g/mol. The molecule has 3 aromatic heterocycles. The maximum Gasteiger partial charge on any atom is 0.165 e. The van der Waals surface area contributed by atoms with Crippen LogP contribution in [0.25, 0.3) is 16.8 Å². The molecule has 0 amide bonds. The molecule has 24 heavy (non-hydrogen) atoms. The molecule has 7 heteroatoms. The molecule has 0 aliphatic carbocycles. The second-order valence-corrected chi connectivity index (χ2v) is 6.34. The molecule has 1 unspecified atom stereocenters. The Kier molecular flexibility index (Phi) is 5.20. The van der Waals surface area contributed by atoms with Gasteiger partial charge in [0.2, 0.25) is 0 Å². The van der Waals surface area contributed by atoms with Gasteiger partial charge in [0.05, 0.1) is 28.9 Å². The van der Waals surface area contributed by atoms with Crippen molar-refractivity contribution in [3.05, 3.63) is 35.0 Å². The maximum absolute atomic E-state index is 6.26. The summed E-state index contributed by atoms with van der Waals surface area (Å²) in [6.07, 6.45) is 7.38. The Morgan fingerprint density at radius 3 is 2.92 bits per heavy atom. The number of fused-ring (bicyclic) bond motifs is 1. The van der Waals surface area contributed by atoms with Gasteiger partial charge < -0.3 is 15.5 Å². The van der Waals surface area contributed by atoms with E-state index in [0.717, 1.165) is 52.9 Å². The van der Waals surface area contributed by atoms with Crippen LogP contribution in [0.15, 0.2) is 33.7 Å². The van der Waals surface area contributed by atoms with Gasteiger partial charge in [-0.2, -0.15) is 9.61 Å². The minimum Gasteiger partial charge on any atom is -0.472 e. The van der Waals surface area contributed by atoms with Gasteiger partial charge in [-0.1, -0.05) is 13.8 Å². The smallest absolute Gasteiger partial charge is 0.165 e. The van der Waals surface area contributed by atoms with E-state index in [2.05, 4.69) is 26.3 Å². The van der Waals surface area contributed by atoms with E-state index in [1.807, 2.05) is 19.9 Å². The summed E-state index contributed by atoms with van der Waals surface area (Å²) in [5, 5.41) is 7.79. The van der Waals surface area contributed by atoms with Gasteiger partial charge in [0, 0.05) is 23.6 Å². The van der Waals surface area contributed by atoms with Gasteiger partial charge in [0.25, 0.3) is 0 Å². The Morgan fingerprint density at radius 2 is 2.25 bits per heavy atom. The number of nitrogens with zero attached hydrogens (tertiary/aromatic N) is 3. The van der Waals surface area contributed by atoms with Gasteiger partial charge in [0.15, 0.2) is 5.65 Å². The Bertz CT molecular complexity index is 806. The predicted octanol–water partition coefficient (Wildman–Crippen LogP) is 3.83. The number of aromatic nitrogens is 3. The summed E-state index contributed by atoms with van der Waals surface area (Å²) in [5.74, 6) is 0.947. The first kappa shape index (κ1) is 17.0. The number of furan rings is 1. The van der Waals surface area contributed by atoms with E-state index in [1.165, 1.54) is 0 Å². The standard InChI is InChI=1S/C15H16BrN5O.C2H6/c16-12-13(9-2-1-4-18-6-9)20-15-11(10-3-5-22-8-10)7-19-21(15)14(12)17;1-2/h3,5,7-9,18H,1-2,4,6,17H2;1-2H3. The highest BCUT2D eigenvalue weighted by molar-refractivity contribution is 9.10. The first-order chi connectivity index (χ1) is 11.8. The van der Waals surface area contributed by atoms with Crippen molar-refractivity contribution in [1.82, 2.24) is 19.9 Å². The van der Waals surface area contributed by atoms with Crippen LogP contribution in [0, 0.1) is 0 Å². The Hall–Kier alpha value is -1.86. The van der Waals surface area contributed by atoms with E-state index in [0.29, 0.717) is 11.7 Å². The van der Waals surface area contributed by atoms with Crippen LogP contribution in [0.3, 0.4) is 0 Å². The van der Waals surface area contributed by atoms with Crippen LogP contribution in [0.1, 0.15) is 38.3 Å². The normalized spacial score (nSPS) is 17.5. The zero-order chi connectivity index (χ0) is 17.1. The molecule has 0 radical (unpaired) electrons. The van der Waals surface area contributed by atoms with E-state index < -0.39 is 0 Å². The summed E-state index contributed by atoms with van der Waals surface area (Å²) in [6.45, 7) is 6.00. The van der Waals surface area contributed by atoms with E-state index in [-0.39, 0.29) is 0 Å². The number of hydrogen-bond acceptors (Lipinski definition) is 5. The SMILES string of the molecule is CC.Nc1c(Br)c(C2CCCNC2)nc2c(-c3ccoc3)cnn12. The molecular weight excluding hydrogens is 370 g/mol. The van der Waals surface area contributed by atoms with Crippen molar-refractivity contribution in [2.75, 3.05) is 18.8 Å². The summed E-state index contributed by atoms with van der Waals surface area (Å²) in [6, 6.07) is 1.90. The topological polar surface area (TPSA) is 81.4 Å². The summed E-state index contributed by atoms with van der Waals surface area (Å²) in [7, 11) is 0. The van der Waals surface area contributed by atoms with Crippen LogP contribution >= 0.6 is 15.9 Å². The minimum absolute atomic E-state index is 0.363. The fourth-order valence-corrected chi connectivity index (χ4v) is 3.57. The molecule has 0 bridgehead atoms. The van der Waals surface area contributed by atoms with Gasteiger partial charge in [-0.3, -0.25) is 0 Å². The number of nitrogens with two attached hydrogens (primary N) is 1. The van der Waals surface area contributed by atoms with Crippen LogP contribution in [0.4, 0.5) is 5.82 Å². The van der Waals surface area contributed by atoms with Gasteiger partial charge in [0.1, 0.15) is 5.82 Å². The molecule has 0 saturated carbocycles. The fraction of sp³-hybridized carbons (Fsp3) is 0.412. The van der Waals surface area contributed by atoms with Crippen LogP contribution in [-0.2, 0) is 0 Å². The summed E-state index contributed by atoms with van der Waals surface area (Å²) >= 11 is 3.60. The zero-order valence-electron chi connectivity index (χ0n) is 13.9. The van der Waals surface area contributed by atoms with Crippen LogP contribution in [0.5, 0.6) is 0 Å². The lowest BCUT2D eigenvalue weighted by Gasteiger charge is -2.23. The highest BCUT2D eigenvalue weighted by atomic mass is 79.9. The van der Waals surface area contributed by atoms with E-state index in [4.69, 9.17) is 15.1 Å². The number of hydrogen-bond donors (Lipinski definition) is 2. The maximum atomic E-state index is 6.26. The van der Waals surface area contributed by atoms with E-state index in [9.17, 15) is 0 Å². The van der Waals surface area contributed by atoms with Gasteiger partial charge in [-0.15, -0.1) is 0 Å². The number of nitrogen functional groups attached to an aromatic ring is 1. The third-order valence-electron chi connectivity index (χ3n) is 4.16. The number of piperidine rings is 1. The van der Waals surface area contributed by atoms with Crippen LogP contribution < -0.4 is 11.1 Å². The molecular formula is C17H22BrN5O. The molecule has 3 N–H and O–H groups in total. The molecule has 0 spiro atoms. The monoisotopic (exact) mass is 391 g/mol. The first-order valence-electron chi connectivity index (χ1n) is 8.31. The first-order valence-corrected chi connectivity index (χ1v) is 9.11.